The summed E-state index contributed by atoms with van der Waals surface area (Å²) in [5.74, 6) is -0.603. The van der Waals surface area contributed by atoms with Gasteiger partial charge in [-0.3, -0.25) is 9.59 Å². The monoisotopic (exact) mass is 314 g/mol. The molecule has 0 bridgehead atoms. The molecule has 0 spiro atoms. The van der Waals surface area contributed by atoms with Crippen LogP contribution in [0, 0.1) is 13.8 Å². The summed E-state index contributed by atoms with van der Waals surface area (Å²) in [7, 11) is -3.44. The summed E-state index contributed by atoms with van der Waals surface area (Å²) in [5.41, 5.74) is 1.68. The number of sulfone groups is 1. The van der Waals surface area contributed by atoms with E-state index in [4.69, 9.17) is 0 Å². The van der Waals surface area contributed by atoms with Gasteiger partial charge in [0, 0.05) is 17.8 Å². The van der Waals surface area contributed by atoms with Crippen molar-refractivity contribution in [3.8, 4) is 0 Å². The van der Waals surface area contributed by atoms with Crippen molar-refractivity contribution in [2.45, 2.75) is 45.9 Å². The predicted molar refractivity (Wildman–Crippen MR) is 81.9 cm³/mol. The van der Waals surface area contributed by atoms with E-state index in [2.05, 4.69) is 10.3 Å². The summed E-state index contributed by atoms with van der Waals surface area (Å²) in [6.07, 6.45) is 0.469. The van der Waals surface area contributed by atoms with Gasteiger partial charge >= 0.3 is 0 Å². The number of aromatic amines is 1. The van der Waals surface area contributed by atoms with Gasteiger partial charge in [-0.05, 0) is 38.8 Å². The molecule has 0 fully saturated rings. The molecule has 118 valence electrons. The van der Waals surface area contributed by atoms with Gasteiger partial charge in [0.1, 0.15) is 5.25 Å². The van der Waals surface area contributed by atoms with Crippen molar-refractivity contribution in [3.05, 3.63) is 33.2 Å². The summed E-state index contributed by atoms with van der Waals surface area (Å²) in [5, 5.41) is 1.42. The van der Waals surface area contributed by atoms with Crippen LogP contribution in [0.25, 0.3) is 0 Å². The van der Waals surface area contributed by atoms with E-state index in [1.165, 1.54) is 6.92 Å². The first-order valence-corrected chi connectivity index (χ1v) is 8.59. The molecule has 0 saturated carbocycles. The van der Waals surface area contributed by atoms with Gasteiger partial charge in [0.15, 0.2) is 9.84 Å². The van der Waals surface area contributed by atoms with Crippen LogP contribution in [0.2, 0.25) is 0 Å². The number of amides is 1. The van der Waals surface area contributed by atoms with Crippen molar-refractivity contribution in [2.75, 3.05) is 5.75 Å². The smallest absolute Gasteiger partial charge is 0.253 e. The zero-order chi connectivity index (χ0) is 16.2. The Morgan fingerprint density at radius 3 is 2.52 bits per heavy atom. The SMILES string of the molecule is CCCS(=O)(=O)C(C)C(=O)NCc1c(C)cc(C)[nH]c1=O. The largest absolute Gasteiger partial charge is 0.351 e. The summed E-state index contributed by atoms with van der Waals surface area (Å²) >= 11 is 0. The first kappa shape index (κ1) is 17.4. The van der Waals surface area contributed by atoms with Gasteiger partial charge in [-0.25, -0.2) is 8.42 Å². The molecule has 1 atom stereocenters. The second kappa shape index (κ2) is 6.89. The average molecular weight is 314 g/mol. The Labute approximate surface area is 124 Å². The topological polar surface area (TPSA) is 96.1 Å². The highest BCUT2D eigenvalue weighted by Gasteiger charge is 2.26. The van der Waals surface area contributed by atoms with E-state index in [0.717, 1.165) is 11.3 Å². The number of pyridine rings is 1. The van der Waals surface area contributed by atoms with Gasteiger partial charge in [0.2, 0.25) is 5.91 Å². The zero-order valence-electron chi connectivity index (χ0n) is 12.8. The summed E-state index contributed by atoms with van der Waals surface area (Å²) < 4.78 is 23.7. The van der Waals surface area contributed by atoms with Crippen LogP contribution < -0.4 is 10.9 Å². The lowest BCUT2D eigenvalue weighted by Crippen LogP contribution is -2.39. The maximum absolute atomic E-state index is 11.9. The van der Waals surface area contributed by atoms with E-state index < -0.39 is 21.0 Å². The van der Waals surface area contributed by atoms with E-state index in [0.29, 0.717) is 12.0 Å². The number of nitrogens with one attached hydrogen (secondary N) is 2. The van der Waals surface area contributed by atoms with Crippen LogP contribution in [0.15, 0.2) is 10.9 Å². The number of aromatic nitrogens is 1. The van der Waals surface area contributed by atoms with Crippen molar-refractivity contribution >= 4 is 15.7 Å². The Morgan fingerprint density at radius 1 is 1.38 bits per heavy atom. The molecule has 1 heterocycles. The van der Waals surface area contributed by atoms with Crippen molar-refractivity contribution in [2.24, 2.45) is 0 Å². The Balaban J connectivity index is 2.81. The van der Waals surface area contributed by atoms with Crippen LogP contribution in [0.5, 0.6) is 0 Å². The molecule has 2 N–H and O–H groups in total. The van der Waals surface area contributed by atoms with E-state index in [-0.39, 0.29) is 17.9 Å². The maximum Gasteiger partial charge on any atom is 0.253 e. The first-order chi connectivity index (χ1) is 9.69. The fourth-order valence-electron chi connectivity index (χ4n) is 2.04. The van der Waals surface area contributed by atoms with Gasteiger partial charge in [-0.1, -0.05) is 6.92 Å². The van der Waals surface area contributed by atoms with Gasteiger partial charge in [-0.2, -0.15) is 0 Å². The molecular formula is C14H22N2O4S. The number of carbonyl (C=O) groups is 1. The molecular weight excluding hydrogens is 292 g/mol. The maximum atomic E-state index is 11.9. The summed E-state index contributed by atoms with van der Waals surface area (Å²) in [6, 6.07) is 1.81. The van der Waals surface area contributed by atoms with E-state index in [9.17, 15) is 18.0 Å². The van der Waals surface area contributed by atoms with Gasteiger partial charge < -0.3 is 10.3 Å². The second-order valence-electron chi connectivity index (χ2n) is 5.17. The van der Waals surface area contributed by atoms with Crippen LogP contribution in [-0.2, 0) is 21.2 Å². The van der Waals surface area contributed by atoms with Gasteiger partial charge in [0.05, 0.1) is 5.75 Å². The van der Waals surface area contributed by atoms with Crippen molar-refractivity contribution in [1.29, 1.82) is 0 Å². The molecule has 0 aliphatic carbocycles. The van der Waals surface area contributed by atoms with Crippen molar-refractivity contribution in [3.63, 3.8) is 0 Å². The van der Waals surface area contributed by atoms with E-state index >= 15 is 0 Å². The van der Waals surface area contributed by atoms with Gasteiger partial charge in [0.25, 0.3) is 5.56 Å². The lowest BCUT2D eigenvalue weighted by atomic mass is 10.1. The Morgan fingerprint density at radius 2 is 2.00 bits per heavy atom. The van der Waals surface area contributed by atoms with Crippen molar-refractivity contribution in [1.82, 2.24) is 10.3 Å². The molecule has 1 aromatic heterocycles. The third kappa shape index (κ3) is 4.42. The lowest BCUT2D eigenvalue weighted by molar-refractivity contribution is -0.120. The third-order valence-electron chi connectivity index (χ3n) is 3.33. The minimum atomic E-state index is -3.44. The quantitative estimate of drug-likeness (QED) is 0.812. The van der Waals surface area contributed by atoms with E-state index in [1.807, 2.05) is 0 Å². The predicted octanol–water partition coefficient (Wildman–Crippen LogP) is 0.821. The Hall–Kier alpha value is -1.63. The molecule has 0 radical (unpaired) electrons. The number of rotatable bonds is 6. The molecule has 0 aliphatic rings. The van der Waals surface area contributed by atoms with Crippen LogP contribution in [0.3, 0.4) is 0 Å². The molecule has 1 aromatic rings. The summed E-state index contributed by atoms with van der Waals surface area (Å²) in [4.78, 5) is 26.4. The normalized spacial score (nSPS) is 13.0. The van der Waals surface area contributed by atoms with Crippen LogP contribution in [-0.4, -0.2) is 30.3 Å². The fraction of sp³-hybridized carbons (Fsp3) is 0.571. The molecule has 7 heteroatoms. The standard InChI is InChI=1S/C14H22N2O4S/c1-5-6-21(19,20)11(4)13(17)15-8-12-9(2)7-10(3)16-14(12)18/h7,11H,5-6,8H2,1-4H3,(H,15,17)(H,16,18). The highest BCUT2D eigenvalue weighted by molar-refractivity contribution is 7.92. The molecule has 0 saturated heterocycles. The van der Waals surface area contributed by atoms with Crippen LogP contribution >= 0.6 is 0 Å². The van der Waals surface area contributed by atoms with Crippen LogP contribution in [0.1, 0.15) is 37.1 Å². The third-order valence-corrected chi connectivity index (χ3v) is 5.60. The van der Waals surface area contributed by atoms with E-state index in [1.54, 1.807) is 26.8 Å². The van der Waals surface area contributed by atoms with Crippen LogP contribution in [0.4, 0.5) is 0 Å². The number of aryl methyl sites for hydroxylation is 2. The molecule has 1 amide bonds. The fourth-order valence-corrected chi connectivity index (χ4v) is 3.38. The number of carbonyl (C=O) groups excluding carboxylic acids is 1. The molecule has 21 heavy (non-hydrogen) atoms. The minimum Gasteiger partial charge on any atom is -0.351 e. The first-order valence-electron chi connectivity index (χ1n) is 6.87. The molecule has 6 nitrogen and oxygen atoms in total. The minimum absolute atomic E-state index is 0.0201. The zero-order valence-corrected chi connectivity index (χ0v) is 13.6. The molecule has 0 aliphatic heterocycles. The van der Waals surface area contributed by atoms with Crippen molar-refractivity contribution < 1.29 is 13.2 Å². The number of hydrogen-bond acceptors (Lipinski definition) is 4. The summed E-state index contributed by atoms with van der Waals surface area (Å²) in [6.45, 7) is 6.69. The number of hydrogen-bond donors (Lipinski definition) is 2. The Bertz CT molecular complexity index is 677. The molecule has 1 unspecified atom stereocenters. The second-order valence-corrected chi connectivity index (χ2v) is 7.61. The molecule has 0 aromatic carbocycles. The highest BCUT2D eigenvalue weighted by atomic mass is 32.2. The molecule has 1 rings (SSSR count). The van der Waals surface area contributed by atoms with Gasteiger partial charge in [-0.15, -0.1) is 0 Å². The Kier molecular flexibility index (Phi) is 5.71. The highest BCUT2D eigenvalue weighted by Crippen LogP contribution is 2.06. The lowest BCUT2D eigenvalue weighted by Gasteiger charge is -2.13. The average Bonchev–Trinajstić information content (AvgIpc) is 2.36. The number of H-pyrrole nitrogens is 1.